The predicted octanol–water partition coefficient (Wildman–Crippen LogP) is 14.6. The van der Waals surface area contributed by atoms with E-state index in [-0.39, 0.29) is 5.41 Å². The monoisotopic (exact) mass is 726 g/mol. The maximum atomic E-state index is 5.29. The molecule has 2 nitrogen and oxygen atoms in total. The van der Waals surface area contributed by atoms with Crippen molar-refractivity contribution in [2.75, 3.05) is 0 Å². The molecule has 0 saturated carbocycles. The number of hydrogen-bond acceptors (Lipinski definition) is 2. The number of benzene rings is 9. The van der Waals surface area contributed by atoms with Crippen LogP contribution in [0.3, 0.4) is 0 Å². The smallest absolute Gasteiger partial charge is 0.160 e. The quantitative estimate of drug-likeness (QED) is 0.130. The highest BCUT2D eigenvalue weighted by molar-refractivity contribution is 6.20. The van der Waals surface area contributed by atoms with Gasteiger partial charge in [0.25, 0.3) is 0 Å². The molecule has 0 radical (unpaired) electrons. The van der Waals surface area contributed by atoms with Crippen molar-refractivity contribution in [2.45, 2.75) is 19.3 Å². The van der Waals surface area contributed by atoms with Gasteiger partial charge in [-0.2, -0.15) is 0 Å². The van der Waals surface area contributed by atoms with Crippen LogP contribution in [-0.4, -0.2) is 9.97 Å². The van der Waals surface area contributed by atoms with Crippen LogP contribution in [0.15, 0.2) is 194 Å². The van der Waals surface area contributed by atoms with E-state index in [9.17, 15) is 0 Å². The van der Waals surface area contributed by atoms with Crippen LogP contribution in [0.2, 0.25) is 0 Å². The molecular formula is C55H38N2. The fourth-order valence-corrected chi connectivity index (χ4v) is 9.24. The van der Waals surface area contributed by atoms with E-state index in [2.05, 4.69) is 202 Å². The van der Waals surface area contributed by atoms with E-state index in [1.807, 2.05) is 6.07 Å². The standard InChI is InChI=1S/C55H38N2/c1-55(2)48-24-11-10-22-46(48)53-44(23-13-25-49(53)55)39-18-12-19-41(32-39)51-34-50(36-15-4-3-5-16-36)56-54(57-51)38-28-26-37(27-29-38)52-43-21-9-7-17-40(43)33-47-42-20-8-6-14-35(42)30-31-45(47)52/h3-34H,1-2H3. The molecule has 1 aliphatic carbocycles. The van der Waals surface area contributed by atoms with E-state index < -0.39 is 0 Å². The molecule has 0 amide bonds. The lowest BCUT2D eigenvalue weighted by atomic mass is 9.82. The minimum Gasteiger partial charge on any atom is -0.228 e. The summed E-state index contributed by atoms with van der Waals surface area (Å²) >= 11 is 0. The second-order valence-electron chi connectivity index (χ2n) is 15.7. The van der Waals surface area contributed by atoms with Crippen LogP contribution in [0, 0.1) is 0 Å². The molecule has 268 valence electrons. The van der Waals surface area contributed by atoms with E-state index in [0.717, 1.165) is 28.1 Å². The first kappa shape index (κ1) is 33.2. The third-order valence-electron chi connectivity index (χ3n) is 12.1. The largest absolute Gasteiger partial charge is 0.228 e. The molecule has 1 heterocycles. The maximum Gasteiger partial charge on any atom is 0.160 e. The minimum atomic E-state index is -0.0592. The molecule has 0 saturated heterocycles. The molecule has 2 heteroatoms. The molecule has 10 aromatic rings. The number of aromatic nitrogens is 2. The van der Waals surface area contributed by atoms with E-state index in [4.69, 9.17) is 9.97 Å². The molecule has 0 aliphatic heterocycles. The Hall–Kier alpha value is -7.16. The second kappa shape index (κ2) is 13.0. The summed E-state index contributed by atoms with van der Waals surface area (Å²) in [6, 6.07) is 70.1. The fourth-order valence-electron chi connectivity index (χ4n) is 9.24. The van der Waals surface area contributed by atoms with Crippen molar-refractivity contribution in [1.82, 2.24) is 9.97 Å². The predicted molar refractivity (Wildman–Crippen MR) is 239 cm³/mol. The molecular weight excluding hydrogens is 689 g/mol. The number of nitrogens with zero attached hydrogens (tertiary/aromatic N) is 2. The lowest BCUT2D eigenvalue weighted by Gasteiger charge is -2.21. The topological polar surface area (TPSA) is 25.8 Å². The SMILES string of the molecule is CC1(C)c2ccccc2-c2c(-c3cccc(-c4cc(-c5ccccc5)nc(-c5ccc(-c6c7ccccc7cc7c6ccc6ccccc67)cc5)n4)c3)cccc21. The third kappa shape index (κ3) is 5.40. The van der Waals surface area contributed by atoms with Gasteiger partial charge in [-0.3, -0.25) is 0 Å². The van der Waals surface area contributed by atoms with E-state index >= 15 is 0 Å². The van der Waals surface area contributed by atoms with Crippen molar-refractivity contribution >= 4 is 32.3 Å². The summed E-state index contributed by atoms with van der Waals surface area (Å²) < 4.78 is 0. The van der Waals surface area contributed by atoms with Crippen LogP contribution in [0.5, 0.6) is 0 Å². The molecule has 1 aromatic heterocycles. The van der Waals surface area contributed by atoms with Gasteiger partial charge >= 0.3 is 0 Å². The van der Waals surface area contributed by atoms with Gasteiger partial charge in [-0.05, 0) is 95.0 Å². The molecule has 11 rings (SSSR count). The highest BCUT2D eigenvalue weighted by Crippen LogP contribution is 2.52. The lowest BCUT2D eigenvalue weighted by Crippen LogP contribution is -2.14. The van der Waals surface area contributed by atoms with Gasteiger partial charge in [-0.25, -0.2) is 9.97 Å². The number of fused-ring (bicyclic) bond motifs is 7. The van der Waals surface area contributed by atoms with Crippen molar-refractivity contribution in [1.29, 1.82) is 0 Å². The van der Waals surface area contributed by atoms with Crippen molar-refractivity contribution in [3.8, 4) is 67.3 Å². The molecule has 0 bridgehead atoms. The Bertz CT molecular complexity index is 3190. The zero-order valence-corrected chi connectivity index (χ0v) is 31.9. The first-order valence-electron chi connectivity index (χ1n) is 19.7. The maximum absolute atomic E-state index is 5.29. The summed E-state index contributed by atoms with van der Waals surface area (Å²) in [7, 11) is 0. The van der Waals surface area contributed by atoms with Crippen molar-refractivity contribution < 1.29 is 0 Å². The molecule has 0 unspecified atom stereocenters. The summed E-state index contributed by atoms with van der Waals surface area (Å²) in [5, 5.41) is 7.52. The van der Waals surface area contributed by atoms with E-state index in [1.165, 1.54) is 76.8 Å². The van der Waals surface area contributed by atoms with Gasteiger partial charge < -0.3 is 0 Å². The average molecular weight is 727 g/mol. The molecule has 9 aromatic carbocycles. The van der Waals surface area contributed by atoms with Crippen LogP contribution < -0.4 is 0 Å². The summed E-state index contributed by atoms with van der Waals surface area (Å²) in [6.07, 6.45) is 0. The Balaban J connectivity index is 1.04. The van der Waals surface area contributed by atoms with E-state index in [1.54, 1.807) is 0 Å². The summed E-state index contributed by atoms with van der Waals surface area (Å²) in [6.45, 7) is 4.67. The van der Waals surface area contributed by atoms with Crippen LogP contribution in [-0.2, 0) is 5.41 Å². The van der Waals surface area contributed by atoms with Gasteiger partial charge in [0, 0.05) is 22.1 Å². The number of hydrogen-bond donors (Lipinski definition) is 0. The zero-order valence-electron chi connectivity index (χ0n) is 31.9. The van der Waals surface area contributed by atoms with E-state index in [0.29, 0.717) is 5.82 Å². The molecule has 0 N–H and O–H groups in total. The molecule has 0 spiro atoms. The van der Waals surface area contributed by atoms with Gasteiger partial charge in [0.15, 0.2) is 5.82 Å². The molecule has 0 fully saturated rings. The highest BCUT2D eigenvalue weighted by Gasteiger charge is 2.36. The minimum absolute atomic E-state index is 0.0592. The third-order valence-corrected chi connectivity index (χ3v) is 12.1. The normalized spacial score (nSPS) is 12.9. The Labute approximate surface area is 332 Å². The second-order valence-corrected chi connectivity index (χ2v) is 15.7. The van der Waals surface area contributed by atoms with Gasteiger partial charge in [0.05, 0.1) is 11.4 Å². The Morgan fingerprint density at radius 1 is 0.333 bits per heavy atom. The van der Waals surface area contributed by atoms with Gasteiger partial charge in [-0.15, -0.1) is 0 Å². The Morgan fingerprint density at radius 3 is 1.79 bits per heavy atom. The zero-order chi connectivity index (χ0) is 38.1. The number of rotatable bonds is 5. The van der Waals surface area contributed by atoms with Crippen molar-refractivity contribution in [3.63, 3.8) is 0 Å². The van der Waals surface area contributed by atoms with Crippen LogP contribution in [0.4, 0.5) is 0 Å². The van der Waals surface area contributed by atoms with Crippen LogP contribution in [0.25, 0.3) is 99.6 Å². The summed E-state index contributed by atoms with van der Waals surface area (Å²) in [4.78, 5) is 10.5. The lowest BCUT2D eigenvalue weighted by molar-refractivity contribution is 0.660. The molecule has 1 aliphatic rings. The Kier molecular flexibility index (Phi) is 7.55. The first-order chi connectivity index (χ1) is 28.0. The Morgan fingerprint density at radius 2 is 0.947 bits per heavy atom. The first-order valence-corrected chi connectivity index (χ1v) is 19.7. The van der Waals surface area contributed by atoms with Crippen molar-refractivity contribution in [3.05, 3.63) is 205 Å². The molecule has 0 atom stereocenters. The van der Waals surface area contributed by atoms with Crippen LogP contribution >= 0.6 is 0 Å². The van der Waals surface area contributed by atoms with Crippen LogP contribution in [0.1, 0.15) is 25.0 Å². The van der Waals surface area contributed by atoms with Gasteiger partial charge in [0.1, 0.15) is 0 Å². The van der Waals surface area contributed by atoms with Gasteiger partial charge in [-0.1, -0.05) is 190 Å². The van der Waals surface area contributed by atoms with Crippen molar-refractivity contribution in [2.24, 2.45) is 0 Å². The molecule has 57 heavy (non-hydrogen) atoms. The average Bonchev–Trinajstić information content (AvgIpc) is 3.51. The fraction of sp³-hybridized carbons (Fsp3) is 0.0545. The highest BCUT2D eigenvalue weighted by atomic mass is 14.9. The summed E-state index contributed by atoms with van der Waals surface area (Å²) in [5.74, 6) is 0.702. The summed E-state index contributed by atoms with van der Waals surface area (Å²) in [5.41, 5.74) is 15.1. The van der Waals surface area contributed by atoms with Gasteiger partial charge in [0.2, 0.25) is 0 Å².